The highest BCUT2D eigenvalue weighted by Crippen LogP contribution is 2.36. The number of nitrogens with zero attached hydrogens (tertiary/aromatic N) is 2. The average molecular weight is 715 g/mol. The van der Waals surface area contributed by atoms with Crippen LogP contribution < -0.4 is 10.6 Å². The van der Waals surface area contributed by atoms with Crippen LogP contribution in [-0.4, -0.2) is 87.5 Å². The van der Waals surface area contributed by atoms with Gasteiger partial charge in [0.05, 0.1) is 28.3 Å². The van der Waals surface area contributed by atoms with Crippen LogP contribution in [0, 0.1) is 11.8 Å². The van der Waals surface area contributed by atoms with E-state index in [1.807, 2.05) is 6.07 Å². The minimum atomic E-state index is -3.62. The molecule has 5 unspecified atom stereocenters. The van der Waals surface area contributed by atoms with Gasteiger partial charge in [0, 0.05) is 25.0 Å². The van der Waals surface area contributed by atoms with Crippen molar-refractivity contribution in [2.75, 3.05) is 12.4 Å². The van der Waals surface area contributed by atoms with Crippen molar-refractivity contribution in [1.82, 2.24) is 20.2 Å². The predicted molar refractivity (Wildman–Crippen MR) is 190 cm³/mol. The zero-order valence-corrected chi connectivity index (χ0v) is 30.3. The van der Waals surface area contributed by atoms with Gasteiger partial charge in [-0.3, -0.25) is 9.59 Å². The van der Waals surface area contributed by atoms with Gasteiger partial charge in [-0.15, -0.1) is 0 Å². The molecule has 0 bridgehead atoms. The van der Waals surface area contributed by atoms with Crippen LogP contribution in [0.2, 0.25) is 0 Å². The molecule has 4 N–H and O–H groups in total. The highest BCUT2D eigenvalue weighted by Gasteiger charge is 2.40. The number of rotatable bonds is 17. The fourth-order valence-corrected chi connectivity index (χ4v) is 7.83. The number of ether oxygens (including phenoxy) is 1. The Balaban J connectivity index is 1.58. The van der Waals surface area contributed by atoms with E-state index < -0.39 is 62.7 Å². The first-order valence-electron chi connectivity index (χ1n) is 17.7. The third-order valence-electron chi connectivity index (χ3n) is 9.80. The Labute approximate surface area is 296 Å². The lowest BCUT2D eigenvalue weighted by atomic mass is 9.82. The molecule has 2 amide bonds. The monoisotopic (exact) mass is 714 g/mol. The molecular formula is C37H54N4O8S. The summed E-state index contributed by atoms with van der Waals surface area (Å²) in [6.45, 7) is 8.39. The smallest absolute Gasteiger partial charge is 0.419 e. The molecule has 5 atom stereocenters. The quantitative estimate of drug-likeness (QED) is 0.176. The molecule has 2 aliphatic carbocycles. The number of carbonyl (C=O) groups is 3. The van der Waals surface area contributed by atoms with E-state index in [-0.39, 0.29) is 37.0 Å². The Morgan fingerprint density at radius 2 is 1.74 bits per heavy atom. The number of hydrogen-bond acceptors (Lipinski definition) is 9. The van der Waals surface area contributed by atoms with Crippen LogP contribution in [0.4, 0.5) is 4.79 Å². The first-order valence-corrected chi connectivity index (χ1v) is 19.4. The molecule has 50 heavy (non-hydrogen) atoms. The van der Waals surface area contributed by atoms with Crippen LogP contribution >= 0.6 is 0 Å². The molecule has 13 heteroatoms. The van der Waals surface area contributed by atoms with Gasteiger partial charge in [0.2, 0.25) is 11.8 Å². The van der Waals surface area contributed by atoms with Gasteiger partial charge in [0.25, 0.3) is 0 Å². The maximum absolute atomic E-state index is 14.1. The van der Waals surface area contributed by atoms with Crippen LogP contribution in [0.5, 0.6) is 0 Å². The number of imidazole rings is 1. The van der Waals surface area contributed by atoms with Crippen molar-refractivity contribution in [1.29, 1.82) is 0 Å². The summed E-state index contributed by atoms with van der Waals surface area (Å²) < 4.78 is 31.7. The fourth-order valence-electron chi connectivity index (χ4n) is 6.49. The zero-order valence-electron chi connectivity index (χ0n) is 29.5. The molecular weight excluding hydrogens is 660 g/mol. The lowest BCUT2D eigenvalue weighted by molar-refractivity contribution is -0.130. The number of nitrogens with one attached hydrogen (secondary N) is 2. The molecule has 2 aliphatic rings. The Morgan fingerprint density at radius 3 is 2.36 bits per heavy atom. The van der Waals surface area contributed by atoms with Gasteiger partial charge >= 0.3 is 6.09 Å². The molecule has 12 nitrogen and oxygen atoms in total. The number of sulfone groups is 1. The second-order valence-electron chi connectivity index (χ2n) is 14.8. The van der Waals surface area contributed by atoms with Crippen molar-refractivity contribution in [3.8, 4) is 0 Å². The third kappa shape index (κ3) is 11.2. The van der Waals surface area contributed by atoms with Gasteiger partial charge in [-0.05, 0) is 57.4 Å². The summed E-state index contributed by atoms with van der Waals surface area (Å²) in [4.78, 5) is 44.5. The number of aliphatic hydroxyl groups excluding tert-OH is 2. The van der Waals surface area contributed by atoms with E-state index >= 15 is 0 Å². The molecule has 4 rings (SSSR count). The average Bonchev–Trinajstić information content (AvgIpc) is 3.83. The van der Waals surface area contributed by atoms with Crippen molar-refractivity contribution >= 4 is 27.7 Å². The number of aromatic nitrogens is 2. The van der Waals surface area contributed by atoms with Crippen molar-refractivity contribution in [2.45, 2.75) is 120 Å². The molecule has 0 spiro atoms. The zero-order chi connectivity index (χ0) is 36.5. The maximum Gasteiger partial charge on any atom is 0.419 e. The fraction of sp³-hybridized carbons (Fsp3) is 0.622. The number of carbonyl (C=O) groups excluding carboxylic acids is 3. The van der Waals surface area contributed by atoms with E-state index in [4.69, 9.17) is 4.74 Å². The van der Waals surface area contributed by atoms with Gasteiger partial charge in [0.1, 0.15) is 25.1 Å². The van der Waals surface area contributed by atoms with E-state index in [2.05, 4.69) is 22.2 Å². The Morgan fingerprint density at radius 1 is 1.06 bits per heavy atom. The molecule has 1 aromatic carbocycles. The van der Waals surface area contributed by atoms with Gasteiger partial charge in [-0.1, -0.05) is 75.1 Å². The summed E-state index contributed by atoms with van der Waals surface area (Å²) in [5, 5.41) is 27.9. The molecule has 2 aromatic rings. The maximum atomic E-state index is 14.1. The van der Waals surface area contributed by atoms with Gasteiger partial charge in [-0.2, -0.15) is 0 Å². The number of hydrogen-bond donors (Lipinski definition) is 4. The molecule has 2 saturated carbocycles. The van der Waals surface area contributed by atoms with Crippen LogP contribution in [0.25, 0.3) is 0 Å². The van der Waals surface area contributed by atoms with Gasteiger partial charge < -0.3 is 25.6 Å². The summed E-state index contributed by atoms with van der Waals surface area (Å²) >= 11 is 0. The summed E-state index contributed by atoms with van der Waals surface area (Å²) in [7, 11) is -3.62. The normalized spacial score (nSPS) is 18.7. The lowest BCUT2D eigenvalue weighted by Gasteiger charge is -2.33. The molecule has 276 valence electrons. The number of benzene rings is 1. The van der Waals surface area contributed by atoms with E-state index in [9.17, 15) is 33.0 Å². The van der Waals surface area contributed by atoms with Crippen LogP contribution in [-0.2, 0) is 30.6 Å². The summed E-state index contributed by atoms with van der Waals surface area (Å²) in [6.07, 6.45) is 8.24. The van der Waals surface area contributed by atoms with Crippen LogP contribution in [0.1, 0.15) is 95.7 Å². The topological polar surface area (TPSA) is 177 Å². The summed E-state index contributed by atoms with van der Waals surface area (Å²) in [5.41, 5.74) is 0.997. The van der Waals surface area contributed by atoms with E-state index in [0.717, 1.165) is 49.5 Å². The Hall–Kier alpha value is -3.55. The SMILES string of the molecule is C=CCOC(=O)n1cnc(CC(NC(=O)CC(CS(=O)(=O)C(C)(C)C)c2ccccc2)C(=O)NC(CC2CCCCC2)C(O)C(O)C2CC2)c1. The summed E-state index contributed by atoms with van der Waals surface area (Å²) in [6, 6.07) is 6.99. The standard InChI is InChI=1S/C37H54N4O8S/c1-5-18-49-36(46)41-22-29(38-24-41)21-31(35(45)40-30(19-25-12-8-6-9-13-25)34(44)33(43)27-16-17-27)39-32(42)20-28(26-14-10-7-11-15-26)23-50(47,48)37(2,3)4/h5,7,10-11,14-15,22,24-25,27-28,30-31,33-34,43-44H,1,6,8-9,12-13,16-21,23H2,2-4H3,(H,39,42)(H,40,45). The van der Waals surface area contributed by atoms with Gasteiger partial charge in [-0.25, -0.2) is 22.8 Å². The molecule has 0 radical (unpaired) electrons. The first kappa shape index (κ1) is 39.2. The second kappa shape index (κ2) is 17.6. The third-order valence-corrected chi connectivity index (χ3v) is 12.5. The largest absolute Gasteiger partial charge is 0.445 e. The molecule has 0 saturated heterocycles. The summed E-state index contributed by atoms with van der Waals surface area (Å²) in [5.74, 6) is -1.82. The minimum Gasteiger partial charge on any atom is -0.445 e. The lowest BCUT2D eigenvalue weighted by Crippen LogP contribution is -2.56. The van der Waals surface area contributed by atoms with E-state index in [1.165, 1.54) is 18.6 Å². The molecule has 2 fully saturated rings. The van der Waals surface area contributed by atoms with E-state index in [0.29, 0.717) is 17.7 Å². The number of amides is 2. The minimum absolute atomic E-state index is 0.00162. The highest BCUT2D eigenvalue weighted by atomic mass is 32.2. The number of aliphatic hydroxyl groups is 2. The van der Waals surface area contributed by atoms with E-state index in [1.54, 1.807) is 45.0 Å². The van der Waals surface area contributed by atoms with Crippen LogP contribution in [0.3, 0.4) is 0 Å². The highest BCUT2D eigenvalue weighted by molar-refractivity contribution is 7.92. The Kier molecular flexibility index (Phi) is 13.8. The van der Waals surface area contributed by atoms with Crippen molar-refractivity contribution in [3.05, 3.63) is 66.8 Å². The first-order chi connectivity index (χ1) is 23.7. The molecule has 1 aromatic heterocycles. The van der Waals surface area contributed by atoms with Crippen molar-refractivity contribution < 1.29 is 37.8 Å². The molecule has 0 aliphatic heterocycles. The predicted octanol–water partition coefficient (Wildman–Crippen LogP) is 4.06. The van der Waals surface area contributed by atoms with Crippen molar-refractivity contribution in [2.24, 2.45) is 11.8 Å². The van der Waals surface area contributed by atoms with Crippen LogP contribution in [0.15, 0.2) is 55.5 Å². The molecule has 1 heterocycles. The second-order valence-corrected chi connectivity index (χ2v) is 17.6. The van der Waals surface area contributed by atoms with Gasteiger partial charge in [0.15, 0.2) is 9.84 Å². The Bertz CT molecular complexity index is 1540. The van der Waals surface area contributed by atoms with Crippen molar-refractivity contribution in [3.63, 3.8) is 0 Å².